The van der Waals surface area contributed by atoms with Crippen molar-refractivity contribution in [3.63, 3.8) is 0 Å². The molecule has 1 amide bonds. The minimum Gasteiger partial charge on any atom is -0.481 e. The molecule has 2 N–H and O–H groups in total. The summed E-state index contributed by atoms with van der Waals surface area (Å²) in [4.78, 5) is 22.7. The Kier molecular flexibility index (Phi) is 3.38. The fourth-order valence-electron chi connectivity index (χ4n) is 1.63. The fourth-order valence-corrected chi connectivity index (χ4v) is 1.99. The van der Waals surface area contributed by atoms with Gasteiger partial charge in [-0.05, 0) is 31.0 Å². The van der Waals surface area contributed by atoms with Crippen molar-refractivity contribution in [2.45, 2.75) is 12.8 Å². The van der Waals surface area contributed by atoms with Crippen LogP contribution in [0.5, 0.6) is 0 Å². The average molecular weight is 316 g/mol. The van der Waals surface area contributed by atoms with E-state index < -0.39 is 23.1 Å². The molecule has 1 aromatic carbocycles. The molecule has 1 aromatic rings. The SMILES string of the molecule is O=C(NCC1(C(=O)O)CC1)c1cc(Br)ccc1F. The molecule has 0 spiro atoms. The van der Waals surface area contributed by atoms with Crippen molar-refractivity contribution in [2.75, 3.05) is 6.54 Å². The van der Waals surface area contributed by atoms with Crippen LogP contribution >= 0.6 is 15.9 Å². The minimum atomic E-state index is -0.919. The van der Waals surface area contributed by atoms with E-state index in [1.54, 1.807) is 0 Å². The summed E-state index contributed by atoms with van der Waals surface area (Å²) in [7, 11) is 0. The highest BCUT2D eigenvalue weighted by molar-refractivity contribution is 9.10. The summed E-state index contributed by atoms with van der Waals surface area (Å²) in [6.45, 7) is 0.0348. The van der Waals surface area contributed by atoms with Crippen LogP contribution in [0.2, 0.25) is 0 Å². The van der Waals surface area contributed by atoms with Gasteiger partial charge in [-0.25, -0.2) is 4.39 Å². The maximum absolute atomic E-state index is 13.4. The molecule has 0 radical (unpaired) electrons. The van der Waals surface area contributed by atoms with Crippen molar-refractivity contribution in [1.29, 1.82) is 0 Å². The predicted molar refractivity (Wildman–Crippen MR) is 65.7 cm³/mol. The zero-order valence-electron chi connectivity index (χ0n) is 9.37. The number of benzene rings is 1. The van der Waals surface area contributed by atoms with Gasteiger partial charge in [-0.1, -0.05) is 15.9 Å². The number of nitrogens with one attached hydrogen (secondary N) is 1. The van der Waals surface area contributed by atoms with Crippen molar-refractivity contribution >= 4 is 27.8 Å². The van der Waals surface area contributed by atoms with Gasteiger partial charge in [-0.2, -0.15) is 0 Å². The van der Waals surface area contributed by atoms with E-state index in [0.717, 1.165) is 0 Å². The van der Waals surface area contributed by atoms with Crippen molar-refractivity contribution in [2.24, 2.45) is 5.41 Å². The summed E-state index contributed by atoms with van der Waals surface area (Å²) < 4.78 is 14.0. The normalized spacial score (nSPS) is 16.1. The standard InChI is InChI=1S/C12H11BrFNO3/c13-7-1-2-9(14)8(5-7)10(16)15-6-12(3-4-12)11(17)18/h1-2,5H,3-4,6H2,(H,15,16)(H,17,18). The van der Waals surface area contributed by atoms with Crippen LogP contribution in [0.4, 0.5) is 4.39 Å². The van der Waals surface area contributed by atoms with E-state index in [4.69, 9.17) is 5.11 Å². The van der Waals surface area contributed by atoms with Gasteiger partial charge in [0.25, 0.3) is 5.91 Å². The summed E-state index contributed by atoms with van der Waals surface area (Å²) in [5, 5.41) is 11.4. The molecule has 0 aromatic heterocycles. The van der Waals surface area contributed by atoms with Crippen LogP contribution in [0.15, 0.2) is 22.7 Å². The van der Waals surface area contributed by atoms with Crippen molar-refractivity contribution < 1.29 is 19.1 Å². The quantitative estimate of drug-likeness (QED) is 0.895. The molecule has 0 unspecified atom stereocenters. The molecule has 1 aliphatic carbocycles. The number of carboxylic acid groups (broad SMARTS) is 1. The van der Waals surface area contributed by atoms with E-state index in [9.17, 15) is 14.0 Å². The lowest BCUT2D eigenvalue weighted by molar-refractivity contribution is -0.143. The van der Waals surface area contributed by atoms with Crippen LogP contribution in [0.1, 0.15) is 23.2 Å². The first-order chi connectivity index (χ1) is 8.44. The number of aliphatic carboxylic acids is 1. The number of hydrogen-bond donors (Lipinski definition) is 2. The maximum atomic E-state index is 13.4. The lowest BCUT2D eigenvalue weighted by Gasteiger charge is -2.11. The Labute approximate surface area is 111 Å². The largest absolute Gasteiger partial charge is 0.481 e. The maximum Gasteiger partial charge on any atom is 0.311 e. The van der Waals surface area contributed by atoms with Crippen molar-refractivity contribution in [1.82, 2.24) is 5.32 Å². The first-order valence-corrected chi connectivity index (χ1v) is 6.21. The third-order valence-electron chi connectivity index (χ3n) is 3.07. The third-order valence-corrected chi connectivity index (χ3v) is 3.56. The summed E-state index contributed by atoms with van der Waals surface area (Å²) in [5.41, 5.74) is -0.941. The number of carbonyl (C=O) groups excluding carboxylic acids is 1. The lowest BCUT2D eigenvalue weighted by atomic mass is 10.1. The monoisotopic (exact) mass is 315 g/mol. The van der Waals surface area contributed by atoms with Crippen molar-refractivity contribution in [3.05, 3.63) is 34.1 Å². The van der Waals surface area contributed by atoms with Gasteiger partial charge in [0.15, 0.2) is 0 Å². The molecule has 18 heavy (non-hydrogen) atoms. The summed E-state index contributed by atoms with van der Waals surface area (Å²) in [5.74, 6) is -2.14. The Morgan fingerprint density at radius 2 is 2.11 bits per heavy atom. The molecule has 1 aliphatic rings. The van der Waals surface area contributed by atoms with E-state index in [0.29, 0.717) is 17.3 Å². The van der Waals surface area contributed by atoms with Crippen LogP contribution in [-0.4, -0.2) is 23.5 Å². The van der Waals surface area contributed by atoms with Gasteiger partial charge in [0, 0.05) is 11.0 Å². The molecule has 2 rings (SSSR count). The average Bonchev–Trinajstić information content (AvgIpc) is 3.10. The number of amides is 1. The highest BCUT2D eigenvalue weighted by Gasteiger charge is 2.50. The Morgan fingerprint density at radius 3 is 2.67 bits per heavy atom. The number of hydrogen-bond acceptors (Lipinski definition) is 2. The molecule has 4 nitrogen and oxygen atoms in total. The second-order valence-electron chi connectivity index (χ2n) is 4.39. The van der Waals surface area contributed by atoms with Gasteiger partial charge < -0.3 is 10.4 Å². The predicted octanol–water partition coefficient (Wildman–Crippen LogP) is 2.18. The van der Waals surface area contributed by atoms with E-state index in [-0.39, 0.29) is 12.1 Å². The zero-order chi connectivity index (χ0) is 13.3. The number of carboxylic acids is 1. The summed E-state index contributed by atoms with van der Waals surface area (Å²) >= 11 is 3.15. The Bertz CT molecular complexity index is 514. The van der Waals surface area contributed by atoms with Crippen LogP contribution in [0.3, 0.4) is 0 Å². The lowest BCUT2D eigenvalue weighted by Crippen LogP contribution is -2.34. The van der Waals surface area contributed by atoms with Crippen LogP contribution in [0, 0.1) is 11.2 Å². The van der Waals surface area contributed by atoms with E-state index in [1.165, 1.54) is 18.2 Å². The Balaban J connectivity index is 2.04. The molecular formula is C12H11BrFNO3. The van der Waals surface area contributed by atoms with Gasteiger partial charge in [-0.15, -0.1) is 0 Å². The van der Waals surface area contributed by atoms with Gasteiger partial charge in [0.2, 0.25) is 0 Å². The van der Waals surface area contributed by atoms with Gasteiger partial charge >= 0.3 is 5.97 Å². The zero-order valence-corrected chi connectivity index (χ0v) is 11.0. The topological polar surface area (TPSA) is 66.4 Å². The second kappa shape index (κ2) is 4.68. The van der Waals surface area contributed by atoms with Gasteiger partial charge in [0.1, 0.15) is 5.82 Å². The van der Waals surface area contributed by atoms with E-state index in [2.05, 4.69) is 21.2 Å². The molecular weight excluding hydrogens is 305 g/mol. The third kappa shape index (κ3) is 2.53. The molecule has 6 heteroatoms. The molecule has 0 heterocycles. The first-order valence-electron chi connectivity index (χ1n) is 5.41. The van der Waals surface area contributed by atoms with Crippen LogP contribution in [0.25, 0.3) is 0 Å². The van der Waals surface area contributed by atoms with Crippen LogP contribution < -0.4 is 5.32 Å². The molecule has 0 saturated heterocycles. The summed E-state index contributed by atoms with van der Waals surface area (Å²) in [6, 6.07) is 4.04. The Morgan fingerprint density at radius 1 is 1.44 bits per heavy atom. The molecule has 96 valence electrons. The minimum absolute atomic E-state index is 0.0348. The molecule has 1 saturated carbocycles. The number of rotatable bonds is 4. The fraction of sp³-hybridized carbons (Fsp3) is 0.333. The van der Waals surface area contributed by atoms with Gasteiger partial charge in [0.05, 0.1) is 11.0 Å². The number of carbonyl (C=O) groups is 2. The first kappa shape index (κ1) is 13.0. The summed E-state index contributed by atoms with van der Waals surface area (Å²) in [6.07, 6.45) is 1.09. The van der Waals surface area contributed by atoms with E-state index >= 15 is 0 Å². The van der Waals surface area contributed by atoms with Crippen molar-refractivity contribution in [3.8, 4) is 0 Å². The molecule has 1 fully saturated rings. The highest BCUT2D eigenvalue weighted by atomic mass is 79.9. The van der Waals surface area contributed by atoms with E-state index in [1.807, 2.05) is 0 Å². The molecule has 0 aliphatic heterocycles. The second-order valence-corrected chi connectivity index (χ2v) is 5.31. The number of halogens is 2. The van der Waals surface area contributed by atoms with Gasteiger partial charge in [-0.3, -0.25) is 9.59 Å². The molecule has 0 atom stereocenters. The Hall–Kier alpha value is -1.43. The van der Waals surface area contributed by atoms with Crippen LogP contribution in [-0.2, 0) is 4.79 Å². The smallest absolute Gasteiger partial charge is 0.311 e. The molecule has 0 bridgehead atoms. The highest BCUT2D eigenvalue weighted by Crippen LogP contribution is 2.45.